The molecule has 4 amide bonds. The van der Waals surface area contributed by atoms with Gasteiger partial charge in [0.05, 0.1) is 12.5 Å². The Morgan fingerprint density at radius 1 is 1.39 bits per heavy atom. The molecule has 2 bridgehead atoms. The van der Waals surface area contributed by atoms with E-state index in [0.29, 0.717) is 18.8 Å². The number of carbonyl (C=O) groups is 3. The van der Waals surface area contributed by atoms with Crippen LogP contribution in [0.1, 0.15) is 17.2 Å². The van der Waals surface area contributed by atoms with E-state index in [1.54, 1.807) is 23.1 Å². The minimum Gasteiger partial charge on any atom is -0.465 e. The number of H-pyrrole nitrogens is 1. The van der Waals surface area contributed by atoms with Crippen molar-refractivity contribution in [1.82, 2.24) is 14.8 Å². The van der Waals surface area contributed by atoms with Gasteiger partial charge in [0.1, 0.15) is 0 Å². The van der Waals surface area contributed by atoms with Gasteiger partial charge in [0.25, 0.3) is 0 Å². The standard InChI is InChI=1S/C15H14N4O4/c1-18-13(20)9-5-19(15(18)23)6-11-12(9)8-4-7(16-14(21)22)2-3-10(8)17-11/h2-4,9,16-17H,5-6H2,1H3,(H,21,22). The second kappa shape index (κ2) is 4.48. The lowest BCUT2D eigenvalue weighted by atomic mass is 9.89. The lowest BCUT2D eigenvalue weighted by molar-refractivity contribution is -0.132. The summed E-state index contributed by atoms with van der Waals surface area (Å²) < 4.78 is 0. The molecule has 118 valence electrons. The molecule has 1 atom stereocenters. The molecule has 2 aliphatic rings. The summed E-state index contributed by atoms with van der Waals surface area (Å²) in [5.41, 5.74) is 2.96. The van der Waals surface area contributed by atoms with Crippen LogP contribution in [0.4, 0.5) is 15.3 Å². The van der Waals surface area contributed by atoms with Crippen molar-refractivity contribution in [1.29, 1.82) is 0 Å². The smallest absolute Gasteiger partial charge is 0.409 e. The predicted octanol–water partition coefficient (Wildman–Crippen LogP) is 1.75. The lowest BCUT2D eigenvalue weighted by Gasteiger charge is -2.40. The summed E-state index contributed by atoms with van der Waals surface area (Å²) in [5.74, 6) is -0.653. The topological polar surface area (TPSA) is 106 Å². The van der Waals surface area contributed by atoms with E-state index >= 15 is 0 Å². The molecule has 1 saturated heterocycles. The predicted molar refractivity (Wildman–Crippen MR) is 81.3 cm³/mol. The zero-order valence-electron chi connectivity index (χ0n) is 12.3. The van der Waals surface area contributed by atoms with E-state index in [-0.39, 0.29) is 11.9 Å². The highest BCUT2D eigenvalue weighted by atomic mass is 16.4. The average Bonchev–Trinajstić information content (AvgIpc) is 2.87. The summed E-state index contributed by atoms with van der Waals surface area (Å²) in [6.07, 6.45) is -1.14. The van der Waals surface area contributed by atoms with Crippen LogP contribution in [0, 0.1) is 0 Å². The number of carbonyl (C=O) groups excluding carboxylic acids is 2. The number of anilines is 1. The Balaban J connectivity index is 1.88. The maximum atomic E-state index is 12.5. The van der Waals surface area contributed by atoms with E-state index in [1.807, 2.05) is 0 Å². The molecule has 0 radical (unpaired) electrons. The summed E-state index contributed by atoms with van der Waals surface area (Å²) in [7, 11) is 1.49. The fourth-order valence-electron chi connectivity index (χ4n) is 3.45. The van der Waals surface area contributed by atoms with Gasteiger partial charge >= 0.3 is 12.1 Å². The van der Waals surface area contributed by atoms with E-state index in [1.165, 1.54) is 7.05 Å². The number of aromatic amines is 1. The van der Waals surface area contributed by atoms with Gasteiger partial charge in [-0.3, -0.25) is 15.0 Å². The first-order valence-corrected chi connectivity index (χ1v) is 7.16. The SMILES string of the molecule is CN1C(=O)C2CN(Cc3[nH]c4ccc(NC(=O)O)cc4c32)C1=O. The van der Waals surface area contributed by atoms with Crippen molar-refractivity contribution < 1.29 is 19.5 Å². The second-order valence-corrected chi connectivity index (χ2v) is 5.82. The fraction of sp³-hybridized carbons (Fsp3) is 0.267. The van der Waals surface area contributed by atoms with Crippen molar-refractivity contribution in [3.05, 3.63) is 29.5 Å². The van der Waals surface area contributed by atoms with Gasteiger partial charge in [0.15, 0.2) is 0 Å². The number of benzene rings is 1. The van der Waals surface area contributed by atoms with E-state index < -0.39 is 12.0 Å². The number of urea groups is 1. The number of hydrogen-bond acceptors (Lipinski definition) is 3. The van der Waals surface area contributed by atoms with Crippen LogP contribution < -0.4 is 5.32 Å². The molecule has 23 heavy (non-hydrogen) atoms. The molecule has 1 aromatic carbocycles. The molecule has 3 heterocycles. The van der Waals surface area contributed by atoms with Crippen molar-refractivity contribution in [3.63, 3.8) is 0 Å². The molecule has 0 spiro atoms. The van der Waals surface area contributed by atoms with Gasteiger partial charge in [-0.05, 0) is 23.8 Å². The molecular weight excluding hydrogens is 300 g/mol. The zero-order chi connectivity index (χ0) is 16.3. The fourth-order valence-corrected chi connectivity index (χ4v) is 3.45. The van der Waals surface area contributed by atoms with E-state index in [4.69, 9.17) is 5.11 Å². The van der Waals surface area contributed by atoms with Crippen LogP contribution in [-0.4, -0.2) is 51.5 Å². The number of nitrogens with zero attached hydrogens (tertiary/aromatic N) is 2. The largest absolute Gasteiger partial charge is 0.465 e. The van der Waals surface area contributed by atoms with Gasteiger partial charge in [-0.15, -0.1) is 0 Å². The number of aromatic nitrogens is 1. The van der Waals surface area contributed by atoms with Gasteiger partial charge in [0.2, 0.25) is 5.91 Å². The highest BCUT2D eigenvalue weighted by molar-refractivity contribution is 6.04. The number of hydrogen-bond donors (Lipinski definition) is 3. The molecule has 1 aromatic heterocycles. The number of imide groups is 1. The summed E-state index contributed by atoms with van der Waals surface area (Å²) in [6.45, 7) is 0.775. The Morgan fingerprint density at radius 3 is 2.91 bits per heavy atom. The quantitative estimate of drug-likeness (QED) is 0.745. The Labute approximate surface area is 130 Å². The first-order valence-electron chi connectivity index (χ1n) is 7.16. The van der Waals surface area contributed by atoms with Gasteiger partial charge in [-0.1, -0.05) is 0 Å². The molecule has 0 aliphatic carbocycles. The Morgan fingerprint density at radius 2 is 2.17 bits per heavy atom. The molecule has 2 aliphatic heterocycles. The number of carboxylic acid groups (broad SMARTS) is 1. The average molecular weight is 314 g/mol. The van der Waals surface area contributed by atoms with E-state index in [0.717, 1.165) is 27.1 Å². The van der Waals surface area contributed by atoms with Crippen LogP contribution in [-0.2, 0) is 11.3 Å². The van der Waals surface area contributed by atoms with Crippen LogP contribution in [0.5, 0.6) is 0 Å². The Kier molecular flexibility index (Phi) is 2.65. The molecule has 2 aromatic rings. The Bertz CT molecular complexity index is 872. The molecule has 4 rings (SSSR count). The highest BCUT2D eigenvalue weighted by Crippen LogP contribution is 2.39. The van der Waals surface area contributed by atoms with Crippen LogP contribution in [0.2, 0.25) is 0 Å². The van der Waals surface area contributed by atoms with Gasteiger partial charge < -0.3 is 15.0 Å². The number of rotatable bonds is 1. The van der Waals surface area contributed by atoms with Crippen LogP contribution in [0.25, 0.3) is 10.9 Å². The number of amides is 4. The van der Waals surface area contributed by atoms with Crippen molar-refractivity contribution in [2.24, 2.45) is 0 Å². The number of fused-ring (bicyclic) bond motifs is 6. The van der Waals surface area contributed by atoms with Crippen molar-refractivity contribution in [2.75, 3.05) is 18.9 Å². The van der Waals surface area contributed by atoms with Crippen LogP contribution in [0.15, 0.2) is 18.2 Å². The third-order valence-corrected chi connectivity index (χ3v) is 4.46. The molecule has 8 heteroatoms. The third-order valence-electron chi connectivity index (χ3n) is 4.46. The minimum absolute atomic E-state index is 0.232. The second-order valence-electron chi connectivity index (χ2n) is 5.82. The first kappa shape index (κ1) is 13.6. The van der Waals surface area contributed by atoms with Crippen molar-refractivity contribution in [2.45, 2.75) is 12.5 Å². The van der Waals surface area contributed by atoms with Crippen molar-refractivity contribution in [3.8, 4) is 0 Å². The molecular formula is C15H14N4O4. The van der Waals surface area contributed by atoms with Gasteiger partial charge in [-0.25, -0.2) is 9.59 Å². The maximum absolute atomic E-state index is 12.5. The summed E-state index contributed by atoms with van der Waals surface area (Å²) >= 11 is 0. The first-order chi connectivity index (χ1) is 11.0. The van der Waals surface area contributed by atoms with Gasteiger partial charge in [0, 0.05) is 35.9 Å². The van der Waals surface area contributed by atoms with Crippen LogP contribution >= 0.6 is 0 Å². The van der Waals surface area contributed by atoms with E-state index in [9.17, 15) is 14.4 Å². The molecule has 1 fully saturated rings. The zero-order valence-corrected chi connectivity index (χ0v) is 12.3. The monoisotopic (exact) mass is 314 g/mol. The number of nitrogens with one attached hydrogen (secondary N) is 2. The van der Waals surface area contributed by atoms with Crippen molar-refractivity contribution >= 4 is 34.6 Å². The summed E-state index contributed by atoms with van der Waals surface area (Å²) in [5, 5.41) is 12.0. The highest BCUT2D eigenvalue weighted by Gasteiger charge is 2.43. The van der Waals surface area contributed by atoms with Gasteiger partial charge in [-0.2, -0.15) is 0 Å². The van der Waals surface area contributed by atoms with Crippen LogP contribution in [0.3, 0.4) is 0 Å². The molecule has 0 saturated carbocycles. The third kappa shape index (κ3) is 1.88. The number of likely N-dealkylation sites (N-methyl/N-ethyl adjacent to an activating group) is 1. The lowest BCUT2D eigenvalue weighted by Crippen LogP contribution is -2.55. The minimum atomic E-state index is -1.14. The summed E-state index contributed by atoms with van der Waals surface area (Å²) in [4.78, 5) is 41.4. The molecule has 1 unspecified atom stereocenters. The normalized spacial score (nSPS) is 20.0. The maximum Gasteiger partial charge on any atom is 0.409 e. The Hall–Kier alpha value is -3.03. The molecule has 8 nitrogen and oxygen atoms in total. The molecule has 3 N–H and O–H groups in total. The summed E-state index contributed by atoms with van der Waals surface area (Å²) in [6, 6.07) is 4.86. The van der Waals surface area contributed by atoms with E-state index in [2.05, 4.69) is 10.3 Å².